The van der Waals surface area contributed by atoms with Crippen molar-refractivity contribution in [2.45, 2.75) is 57.4 Å². The van der Waals surface area contributed by atoms with E-state index < -0.39 is 74.3 Å². The van der Waals surface area contributed by atoms with Crippen LogP contribution in [0.5, 0.6) is 0 Å². The van der Waals surface area contributed by atoms with Crippen molar-refractivity contribution in [2.75, 3.05) is 13.2 Å². The summed E-state index contributed by atoms with van der Waals surface area (Å²) < 4.78 is 103. The third kappa shape index (κ3) is 7.00. The van der Waals surface area contributed by atoms with Crippen molar-refractivity contribution in [1.82, 2.24) is 0 Å². The van der Waals surface area contributed by atoms with Gasteiger partial charge in [-0.15, -0.1) is 0 Å². The van der Waals surface area contributed by atoms with Crippen LogP contribution < -0.4 is 0 Å². The molecule has 0 aliphatic rings. The van der Waals surface area contributed by atoms with Gasteiger partial charge in [0.05, 0.1) is 13.2 Å². The van der Waals surface area contributed by atoms with Crippen LogP contribution in [0.1, 0.15) is 33.1 Å². The van der Waals surface area contributed by atoms with E-state index in [-0.39, 0.29) is 0 Å². The molecule has 0 spiro atoms. The first-order valence-electron chi connectivity index (χ1n) is 7.64. The van der Waals surface area contributed by atoms with Gasteiger partial charge in [0.15, 0.2) is 0 Å². The summed E-state index contributed by atoms with van der Waals surface area (Å²) in [4.78, 5) is 23.3. The Morgan fingerprint density at radius 1 is 1.07 bits per heavy atom. The average molecular weight is 412 g/mol. The maximum absolute atomic E-state index is 13.4. The van der Waals surface area contributed by atoms with E-state index in [4.69, 9.17) is 0 Å². The second-order valence-corrected chi connectivity index (χ2v) is 5.37. The summed E-state index contributed by atoms with van der Waals surface area (Å²) >= 11 is 0. The minimum absolute atomic E-state index is 0.479. The lowest BCUT2D eigenvalue weighted by atomic mass is 10.1. The number of carbonyl (C=O) groups excluding carboxylic acids is 2. The van der Waals surface area contributed by atoms with Gasteiger partial charge < -0.3 is 14.2 Å². The van der Waals surface area contributed by atoms with Gasteiger partial charge >= 0.3 is 36.2 Å². The molecule has 1 atom stereocenters. The van der Waals surface area contributed by atoms with Crippen LogP contribution in [0.2, 0.25) is 0 Å². The van der Waals surface area contributed by atoms with Crippen molar-refractivity contribution in [3.63, 3.8) is 0 Å². The molecule has 158 valence electrons. The van der Waals surface area contributed by atoms with E-state index in [9.17, 15) is 40.3 Å². The average Bonchev–Trinajstić information content (AvgIpc) is 2.51. The predicted molar refractivity (Wildman–Crippen MR) is 77.1 cm³/mol. The maximum atomic E-state index is 13.4. The summed E-state index contributed by atoms with van der Waals surface area (Å²) in [6, 6.07) is 0. The molecule has 0 bridgehead atoms. The van der Waals surface area contributed by atoms with Gasteiger partial charge in [0.2, 0.25) is 0 Å². The summed E-state index contributed by atoms with van der Waals surface area (Å²) in [7, 11) is 0. The normalized spacial score (nSPS) is 14.6. The molecule has 0 aromatic carbocycles. The third-order valence-electron chi connectivity index (χ3n) is 3.03. The zero-order valence-electron chi connectivity index (χ0n) is 14.5. The number of esters is 2. The minimum atomic E-state index is -5.57. The smallest absolute Gasteiger partial charge is 0.461 e. The molecule has 0 rings (SSSR count). The molecule has 0 radical (unpaired) electrons. The van der Waals surface area contributed by atoms with Gasteiger partial charge in [-0.1, -0.05) is 6.58 Å². The van der Waals surface area contributed by atoms with Crippen molar-refractivity contribution < 1.29 is 54.5 Å². The van der Waals surface area contributed by atoms with Gasteiger partial charge in [0.1, 0.15) is 0 Å². The van der Waals surface area contributed by atoms with Crippen LogP contribution in [0.15, 0.2) is 12.2 Å². The van der Waals surface area contributed by atoms with E-state index in [2.05, 4.69) is 20.8 Å². The predicted octanol–water partition coefficient (Wildman–Crippen LogP) is 4.01. The Morgan fingerprint density at radius 3 is 2.04 bits per heavy atom. The van der Waals surface area contributed by atoms with Gasteiger partial charge in [-0.2, -0.15) is 13.2 Å². The first kappa shape index (κ1) is 25.1. The van der Waals surface area contributed by atoms with Gasteiger partial charge in [-0.05, 0) is 26.7 Å². The topological polar surface area (TPSA) is 61.8 Å². The standard InChI is InChI=1S/C15H19F7O5/c1-4-25-12(24)14(15(20,21)22,27-10(23)9(2)3)26-8-6-5-7-13(18,19)11(16)17/h11H,2,4-8H2,1,3H3. The molecule has 5 nitrogen and oxygen atoms in total. The van der Waals surface area contributed by atoms with Gasteiger partial charge in [-0.25, -0.2) is 27.2 Å². The maximum Gasteiger partial charge on any atom is 0.468 e. The lowest BCUT2D eigenvalue weighted by molar-refractivity contribution is -0.354. The fourth-order valence-corrected chi connectivity index (χ4v) is 1.62. The molecule has 0 N–H and O–H groups in total. The second-order valence-electron chi connectivity index (χ2n) is 5.37. The van der Waals surface area contributed by atoms with E-state index in [1.54, 1.807) is 0 Å². The summed E-state index contributed by atoms with van der Waals surface area (Å²) in [5.41, 5.74) is -0.479. The number of alkyl halides is 7. The molecule has 1 unspecified atom stereocenters. The van der Waals surface area contributed by atoms with Crippen molar-refractivity contribution in [1.29, 1.82) is 0 Å². The Hall–Kier alpha value is -1.85. The van der Waals surface area contributed by atoms with E-state index in [1.807, 2.05) is 0 Å². The molecular weight excluding hydrogens is 393 g/mol. The lowest BCUT2D eigenvalue weighted by Gasteiger charge is -2.32. The van der Waals surface area contributed by atoms with Gasteiger partial charge in [0.25, 0.3) is 0 Å². The Balaban J connectivity index is 5.27. The van der Waals surface area contributed by atoms with Crippen molar-refractivity contribution in [2.24, 2.45) is 0 Å². The summed E-state index contributed by atoms with van der Waals surface area (Å²) in [5, 5.41) is 0. The Bertz CT molecular complexity index is 533. The second kappa shape index (κ2) is 9.90. The number of unbranched alkanes of at least 4 members (excludes halogenated alkanes) is 1. The summed E-state index contributed by atoms with van der Waals surface area (Å²) in [5.74, 6) is -12.1. The van der Waals surface area contributed by atoms with Crippen LogP contribution in [0.4, 0.5) is 30.7 Å². The molecule has 0 fully saturated rings. The SMILES string of the molecule is C=C(C)C(=O)OC(OCCCCC(F)(F)C(F)F)(C(=O)OCC)C(F)(F)F. The number of hydrogen-bond acceptors (Lipinski definition) is 5. The Kier molecular flexibility index (Phi) is 9.23. The molecular formula is C15H19F7O5. The van der Waals surface area contributed by atoms with E-state index >= 15 is 0 Å². The minimum Gasteiger partial charge on any atom is -0.461 e. The highest BCUT2D eigenvalue weighted by Gasteiger charge is 2.67. The van der Waals surface area contributed by atoms with Crippen LogP contribution in [0.25, 0.3) is 0 Å². The number of carbonyl (C=O) groups is 2. The summed E-state index contributed by atoms with van der Waals surface area (Å²) in [6.07, 6.45) is -12.0. The van der Waals surface area contributed by atoms with Gasteiger partial charge in [0, 0.05) is 12.0 Å². The Labute approximate surface area is 150 Å². The highest BCUT2D eigenvalue weighted by Crippen LogP contribution is 2.37. The van der Waals surface area contributed by atoms with Crippen molar-refractivity contribution >= 4 is 11.9 Å². The van der Waals surface area contributed by atoms with E-state index in [0.29, 0.717) is 0 Å². The number of rotatable bonds is 11. The Morgan fingerprint density at radius 2 is 1.63 bits per heavy atom. The van der Waals surface area contributed by atoms with Gasteiger partial charge in [-0.3, -0.25) is 0 Å². The van der Waals surface area contributed by atoms with E-state index in [0.717, 1.165) is 6.92 Å². The largest absolute Gasteiger partial charge is 0.468 e. The summed E-state index contributed by atoms with van der Waals surface area (Å²) in [6.45, 7) is 3.77. The molecule has 0 aliphatic carbocycles. The fourth-order valence-electron chi connectivity index (χ4n) is 1.62. The zero-order valence-corrected chi connectivity index (χ0v) is 14.5. The monoisotopic (exact) mass is 412 g/mol. The first-order valence-corrected chi connectivity index (χ1v) is 7.64. The third-order valence-corrected chi connectivity index (χ3v) is 3.03. The number of hydrogen-bond donors (Lipinski definition) is 0. The first-order chi connectivity index (χ1) is 12.2. The molecule has 27 heavy (non-hydrogen) atoms. The quantitative estimate of drug-likeness (QED) is 0.169. The number of halogens is 7. The highest BCUT2D eigenvalue weighted by molar-refractivity contribution is 5.90. The fraction of sp³-hybridized carbons (Fsp3) is 0.733. The zero-order chi connectivity index (χ0) is 21.5. The van der Waals surface area contributed by atoms with Crippen molar-refractivity contribution in [3.8, 4) is 0 Å². The molecule has 12 heteroatoms. The van der Waals surface area contributed by atoms with Crippen LogP contribution in [0.3, 0.4) is 0 Å². The number of ether oxygens (including phenoxy) is 3. The van der Waals surface area contributed by atoms with Crippen molar-refractivity contribution in [3.05, 3.63) is 12.2 Å². The van der Waals surface area contributed by atoms with Crippen LogP contribution in [-0.4, -0.2) is 49.5 Å². The highest BCUT2D eigenvalue weighted by atomic mass is 19.4. The molecule has 0 aliphatic heterocycles. The molecule has 0 aromatic rings. The molecule has 0 saturated heterocycles. The van der Waals surface area contributed by atoms with Crippen LogP contribution in [-0.2, 0) is 23.8 Å². The molecule has 0 amide bonds. The van der Waals surface area contributed by atoms with Crippen LogP contribution in [0, 0.1) is 0 Å². The molecule has 0 aromatic heterocycles. The van der Waals surface area contributed by atoms with E-state index in [1.165, 1.54) is 6.92 Å². The lowest BCUT2D eigenvalue weighted by Crippen LogP contribution is -2.58. The molecule has 0 heterocycles. The molecule has 0 saturated carbocycles. The van der Waals surface area contributed by atoms with Crippen LogP contribution >= 0.6 is 0 Å².